The van der Waals surface area contributed by atoms with Gasteiger partial charge in [-0.3, -0.25) is 14.6 Å². The molecule has 5 nitrogen and oxygen atoms in total. The summed E-state index contributed by atoms with van der Waals surface area (Å²) in [5.74, 6) is -0.622. The molecule has 1 aliphatic carbocycles. The van der Waals surface area contributed by atoms with Gasteiger partial charge in [-0.25, -0.2) is 0 Å². The second kappa shape index (κ2) is 5.82. The van der Waals surface area contributed by atoms with Crippen molar-refractivity contribution >= 4 is 11.8 Å². The van der Waals surface area contributed by atoms with Gasteiger partial charge in [-0.15, -0.1) is 0 Å². The highest BCUT2D eigenvalue weighted by atomic mass is 16.2. The maximum absolute atomic E-state index is 11.9. The van der Waals surface area contributed by atoms with Gasteiger partial charge in [-0.2, -0.15) is 0 Å². The smallest absolute Gasteiger partial charge is 0.224 e. The fourth-order valence-electron chi connectivity index (χ4n) is 2.52. The van der Waals surface area contributed by atoms with Crippen molar-refractivity contribution in [1.82, 2.24) is 10.3 Å². The van der Waals surface area contributed by atoms with E-state index in [0.717, 1.165) is 30.5 Å². The van der Waals surface area contributed by atoms with Gasteiger partial charge >= 0.3 is 0 Å². The van der Waals surface area contributed by atoms with Crippen molar-refractivity contribution in [3.05, 3.63) is 29.6 Å². The first-order valence-electron chi connectivity index (χ1n) is 6.56. The number of hydrogen-bond donors (Lipinski definition) is 2. The van der Waals surface area contributed by atoms with Crippen LogP contribution in [0.3, 0.4) is 0 Å². The van der Waals surface area contributed by atoms with E-state index in [1.165, 1.54) is 0 Å². The Bertz CT molecular complexity index is 470. The zero-order valence-corrected chi connectivity index (χ0v) is 11.1. The minimum atomic E-state index is -0.320. The molecule has 1 aromatic heterocycles. The van der Waals surface area contributed by atoms with Crippen LogP contribution < -0.4 is 11.1 Å². The molecule has 0 aromatic carbocycles. The van der Waals surface area contributed by atoms with Crippen molar-refractivity contribution in [2.75, 3.05) is 0 Å². The number of primary amides is 1. The number of aryl methyl sites for hydroxylation is 1. The SMILES string of the molecule is Cc1ccc(CC(=O)NC2CCCC2C(N)=O)cn1. The fraction of sp³-hybridized carbons (Fsp3) is 0.500. The van der Waals surface area contributed by atoms with Crippen molar-refractivity contribution in [2.24, 2.45) is 11.7 Å². The molecule has 1 heterocycles. The maximum Gasteiger partial charge on any atom is 0.224 e. The number of carbonyl (C=O) groups is 2. The number of aromatic nitrogens is 1. The van der Waals surface area contributed by atoms with Crippen molar-refractivity contribution in [2.45, 2.75) is 38.6 Å². The summed E-state index contributed by atoms with van der Waals surface area (Å²) in [5.41, 5.74) is 7.13. The van der Waals surface area contributed by atoms with Crippen LogP contribution >= 0.6 is 0 Å². The number of nitrogens with one attached hydrogen (secondary N) is 1. The average molecular weight is 261 g/mol. The van der Waals surface area contributed by atoms with Gasteiger partial charge in [-0.05, 0) is 31.4 Å². The molecule has 1 fully saturated rings. The second-order valence-electron chi connectivity index (χ2n) is 5.10. The molecule has 1 aliphatic rings. The zero-order chi connectivity index (χ0) is 13.8. The normalized spacial score (nSPS) is 22.2. The topological polar surface area (TPSA) is 85.1 Å². The largest absolute Gasteiger partial charge is 0.369 e. The predicted octanol–water partition coefficient (Wildman–Crippen LogP) is 0.703. The van der Waals surface area contributed by atoms with Gasteiger partial charge in [0.25, 0.3) is 0 Å². The van der Waals surface area contributed by atoms with Crippen LogP contribution in [0.1, 0.15) is 30.5 Å². The van der Waals surface area contributed by atoms with Crippen LogP contribution in [0.4, 0.5) is 0 Å². The van der Waals surface area contributed by atoms with Crippen LogP contribution in [0.25, 0.3) is 0 Å². The summed E-state index contributed by atoms with van der Waals surface area (Å²) in [7, 11) is 0. The lowest BCUT2D eigenvalue weighted by molar-refractivity contribution is -0.124. The molecule has 2 amide bonds. The first kappa shape index (κ1) is 13.5. The van der Waals surface area contributed by atoms with Gasteiger partial charge in [0.15, 0.2) is 0 Å². The quantitative estimate of drug-likeness (QED) is 0.836. The molecule has 1 saturated carbocycles. The number of nitrogens with two attached hydrogens (primary N) is 1. The standard InChI is InChI=1S/C14H19N3O2/c1-9-5-6-10(8-16-9)7-13(18)17-12-4-2-3-11(12)14(15)19/h5-6,8,11-12H,2-4,7H2,1H3,(H2,15,19)(H,17,18). The Balaban J connectivity index is 1.90. The summed E-state index contributed by atoms with van der Waals surface area (Å²) in [4.78, 5) is 27.3. The highest BCUT2D eigenvalue weighted by Gasteiger charge is 2.32. The third-order valence-electron chi connectivity index (χ3n) is 3.57. The minimum absolute atomic E-state index is 0.0798. The molecule has 2 rings (SSSR count). The Hall–Kier alpha value is -1.91. The number of carbonyl (C=O) groups excluding carboxylic acids is 2. The zero-order valence-electron chi connectivity index (χ0n) is 11.1. The predicted molar refractivity (Wildman–Crippen MR) is 71.1 cm³/mol. The third-order valence-corrected chi connectivity index (χ3v) is 3.57. The summed E-state index contributed by atoms with van der Waals surface area (Å²) in [6.45, 7) is 1.90. The summed E-state index contributed by atoms with van der Waals surface area (Å²) in [6.07, 6.45) is 4.52. The lowest BCUT2D eigenvalue weighted by Crippen LogP contribution is -2.42. The number of rotatable bonds is 4. The fourth-order valence-corrected chi connectivity index (χ4v) is 2.52. The van der Waals surface area contributed by atoms with E-state index >= 15 is 0 Å². The van der Waals surface area contributed by atoms with E-state index in [1.54, 1.807) is 6.20 Å². The van der Waals surface area contributed by atoms with Gasteiger partial charge in [0.2, 0.25) is 11.8 Å². The van der Waals surface area contributed by atoms with E-state index in [4.69, 9.17) is 5.73 Å². The van der Waals surface area contributed by atoms with Crippen LogP contribution in [0.5, 0.6) is 0 Å². The lowest BCUT2D eigenvalue weighted by atomic mass is 10.0. The van der Waals surface area contributed by atoms with E-state index in [9.17, 15) is 9.59 Å². The maximum atomic E-state index is 11.9. The average Bonchev–Trinajstić information content (AvgIpc) is 2.80. The Morgan fingerprint density at radius 3 is 2.84 bits per heavy atom. The number of pyridine rings is 1. The molecule has 0 spiro atoms. The van der Waals surface area contributed by atoms with Gasteiger partial charge < -0.3 is 11.1 Å². The van der Waals surface area contributed by atoms with Gasteiger partial charge in [-0.1, -0.05) is 12.5 Å². The van der Waals surface area contributed by atoms with E-state index in [2.05, 4.69) is 10.3 Å². The number of hydrogen-bond acceptors (Lipinski definition) is 3. The van der Waals surface area contributed by atoms with Gasteiger partial charge in [0.1, 0.15) is 0 Å². The molecule has 2 atom stereocenters. The van der Waals surface area contributed by atoms with Crippen LogP contribution in [0.2, 0.25) is 0 Å². The van der Waals surface area contributed by atoms with Crippen LogP contribution in [0.15, 0.2) is 18.3 Å². The highest BCUT2D eigenvalue weighted by Crippen LogP contribution is 2.25. The molecule has 3 N–H and O–H groups in total. The van der Waals surface area contributed by atoms with Crippen LogP contribution in [-0.4, -0.2) is 22.8 Å². The van der Waals surface area contributed by atoms with Gasteiger partial charge in [0.05, 0.1) is 12.3 Å². The van der Waals surface area contributed by atoms with Crippen molar-refractivity contribution in [3.63, 3.8) is 0 Å². The summed E-state index contributed by atoms with van der Waals surface area (Å²) < 4.78 is 0. The van der Waals surface area contributed by atoms with Crippen LogP contribution in [0, 0.1) is 12.8 Å². The number of amides is 2. The van der Waals surface area contributed by atoms with Crippen molar-refractivity contribution < 1.29 is 9.59 Å². The molecule has 102 valence electrons. The lowest BCUT2D eigenvalue weighted by Gasteiger charge is -2.18. The molecule has 0 bridgehead atoms. The number of nitrogens with zero attached hydrogens (tertiary/aromatic N) is 1. The van der Waals surface area contributed by atoms with Crippen molar-refractivity contribution in [1.29, 1.82) is 0 Å². The summed E-state index contributed by atoms with van der Waals surface area (Å²) >= 11 is 0. The van der Waals surface area contributed by atoms with E-state index in [0.29, 0.717) is 0 Å². The molecule has 19 heavy (non-hydrogen) atoms. The Morgan fingerprint density at radius 2 is 2.21 bits per heavy atom. The Morgan fingerprint density at radius 1 is 1.42 bits per heavy atom. The molecule has 2 unspecified atom stereocenters. The molecule has 0 aliphatic heterocycles. The van der Waals surface area contributed by atoms with E-state index in [-0.39, 0.29) is 30.2 Å². The first-order chi connectivity index (χ1) is 9.06. The van der Waals surface area contributed by atoms with E-state index in [1.807, 2.05) is 19.1 Å². The Labute approximate surface area is 112 Å². The molecule has 5 heteroatoms. The Kier molecular flexibility index (Phi) is 4.14. The highest BCUT2D eigenvalue weighted by molar-refractivity contribution is 5.82. The molecular formula is C14H19N3O2. The molecule has 0 saturated heterocycles. The summed E-state index contributed by atoms with van der Waals surface area (Å²) in [5, 5.41) is 2.91. The van der Waals surface area contributed by atoms with Crippen LogP contribution in [-0.2, 0) is 16.0 Å². The first-order valence-corrected chi connectivity index (χ1v) is 6.56. The minimum Gasteiger partial charge on any atom is -0.369 e. The van der Waals surface area contributed by atoms with E-state index < -0.39 is 0 Å². The third kappa shape index (κ3) is 3.53. The second-order valence-corrected chi connectivity index (χ2v) is 5.10. The molecule has 1 aromatic rings. The monoisotopic (exact) mass is 261 g/mol. The summed E-state index contributed by atoms with van der Waals surface area (Å²) in [6, 6.07) is 3.66. The van der Waals surface area contributed by atoms with Gasteiger partial charge in [0, 0.05) is 17.9 Å². The molecular weight excluding hydrogens is 242 g/mol. The molecule has 0 radical (unpaired) electrons. The van der Waals surface area contributed by atoms with Crippen molar-refractivity contribution in [3.8, 4) is 0 Å².